The predicted molar refractivity (Wildman–Crippen MR) is 96.3 cm³/mol. The summed E-state index contributed by atoms with van der Waals surface area (Å²) in [7, 11) is 0. The van der Waals surface area contributed by atoms with Crippen LogP contribution >= 0.6 is 0 Å². The molecule has 0 bridgehead atoms. The monoisotopic (exact) mass is 466 g/mol. The van der Waals surface area contributed by atoms with Gasteiger partial charge in [0.25, 0.3) is 0 Å². The van der Waals surface area contributed by atoms with Gasteiger partial charge < -0.3 is 14.2 Å². The zero-order valence-electron chi connectivity index (χ0n) is 16.6. The first kappa shape index (κ1) is 24.0. The largest absolute Gasteiger partial charge is 0.491 e. The van der Waals surface area contributed by atoms with Gasteiger partial charge in [0.15, 0.2) is 0 Å². The molecule has 1 aliphatic heterocycles. The smallest absolute Gasteiger partial charge is 0.404 e. The molecule has 0 aliphatic carbocycles. The van der Waals surface area contributed by atoms with Crippen molar-refractivity contribution in [2.75, 3.05) is 13.2 Å². The van der Waals surface area contributed by atoms with Gasteiger partial charge in [-0.15, -0.1) is 0 Å². The molecule has 1 aliphatic rings. The minimum atomic E-state index is -5.27. The quantitative estimate of drug-likeness (QED) is 0.439. The Kier molecular flexibility index (Phi) is 7.09. The Bertz CT molecular complexity index is 952. The van der Waals surface area contributed by atoms with Crippen LogP contribution in [0.4, 0.5) is 30.7 Å². The molecule has 0 radical (unpaired) electrons. The highest BCUT2D eigenvalue weighted by Gasteiger charge is 2.43. The van der Waals surface area contributed by atoms with E-state index in [0.29, 0.717) is 18.4 Å². The van der Waals surface area contributed by atoms with Gasteiger partial charge in [0.1, 0.15) is 23.3 Å². The van der Waals surface area contributed by atoms with E-state index in [1.807, 2.05) is 6.92 Å². The van der Waals surface area contributed by atoms with Crippen LogP contribution in [-0.2, 0) is 25.4 Å². The summed E-state index contributed by atoms with van der Waals surface area (Å²) >= 11 is 0. The lowest BCUT2D eigenvalue weighted by Gasteiger charge is -2.29. The van der Waals surface area contributed by atoms with Gasteiger partial charge in [0.05, 0.1) is 18.8 Å². The van der Waals surface area contributed by atoms with Crippen LogP contribution in [0, 0.1) is 23.3 Å². The number of aryl methyl sites for hydroxylation is 1. The molecular weight excluding hydrogens is 449 g/mol. The van der Waals surface area contributed by atoms with Crippen LogP contribution in [0.1, 0.15) is 30.4 Å². The van der Waals surface area contributed by atoms with E-state index in [-0.39, 0.29) is 5.56 Å². The number of hydrogen-bond acceptors (Lipinski definition) is 4. The van der Waals surface area contributed by atoms with Crippen molar-refractivity contribution >= 4 is 5.97 Å². The summed E-state index contributed by atoms with van der Waals surface area (Å²) in [4.78, 5) is 10.8. The molecule has 4 nitrogen and oxygen atoms in total. The second kappa shape index (κ2) is 9.45. The lowest BCUT2D eigenvalue weighted by molar-refractivity contribution is -0.314. The molecule has 174 valence electrons. The standard InChI is InChI=1S/C21H17F7O4/c1-2-3-10-4-13(22)17(14(23)5-10)11-6-15(24)18(16(25)7-11)12-8-30-20(31-9-12)32-19(29)21(26,27)28/h4-7,12,20H,2-3,8-9H2,1H3. The number of alkyl halides is 3. The Morgan fingerprint density at radius 2 is 1.50 bits per heavy atom. The van der Waals surface area contributed by atoms with E-state index < -0.39 is 72.1 Å². The topological polar surface area (TPSA) is 44.8 Å². The summed E-state index contributed by atoms with van der Waals surface area (Å²) in [5.41, 5.74) is -1.10. The highest BCUT2D eigenvalue weighted by Crippen LogP contribution is 2.34. The van der Waals surface area contributed by atoms with Crippen molar-refractivity contribution in [3.8, 4) is 11.1 Å². The molecule has 0 spiro atoms. The molecular formula is C21H17F7O4. The molecule has 3 rings (SSSR count). The molecule has 1 fully saturated rings. The number of esters is 1. The number of carbonyl (C=O) groups excluding carboxylic acids is 1. The first-order chi connectivity index (χ1) is 15.0. The third-order valence-electron chi connectivity index (χ3n) is 4.72. The molecule has 0 saturated carbocycles. The van der Waals surface area contributed by atoms with E-state index in [1.54, 1.807) is 0 Å². The number of halogens is 7. The van der Waals surface area contributed by atoms with E-state index in [1.165, 1.54) is 0 Å². The van der Waals surface area contributed by atoms with Crippen LogP contribution in [-0.4, -0.2) is 31.8 Å². The van der Waals surface area contributed by atoms with Crippen LogP contribution < -0.4 is 0 Å². The third-order valence-corrected chi connectivity index (χ3v) is 4.72. The summed E-state index contributed by atoms with van der Waals surface area (Å²) in [6.07, 6.45) is -4.19. The Labute approximate surface area is 177 Å². The molecule has 0 amide bonds. The Balaban J connectivity index is 1.79. The molecule has 32 heavy (non-hydrogen) atoms. The van der Waals surface area contributed by atoms with Gasteiger partial charge in [0, 0.05) is 11.5 Å². The maximum atomic E-state index is 14.7. The Morgan fingerprint density at radius 3 is 1.97 bits per heavy atom. The second-order valence-electron chi connectivity index (χ2n) is 7.09. The maximum Gasteiger partial charge on any atom is 0.491 e. The summed E-state index contributed by atoms with van der Waals surface area (Å²) in [5, 5.41) is 0. The van der Waals surface area contributed by atoms with Gasteiger partial charge in [-0.05, 0) is 41.8 Å². The summed E-state index contributed by atoms with van der Waals surface area (Å²) in [6, 6.07) is 3.68. The first-order valence-electron chi connectivity index (χ1n) is 9.49. The summed E-state index contributed by atoms with van der Waals surface area (Å²) < 4.78 is 108. The van der Waals surface area contributed by atoms with Crippen molar-refractivity contribution in [1.82, 2.24) is 0 Å². The van der Waals surface area contributed by atoms with Crippen molar-refractivity contribution in [2.24, 2.45) is 0 Å². The number of rotatable bonds is 5. The molecule has 0 unspecified atom stereocenters. The van der Waals surface area contributed by atoms with Gasteiger partial charge in [-0.1, -0.05) is 13.3 Å². The zero-order chi connectivity index (χ0) is 23.6. The summed E-state index contributed by atoms with van der Waals surface area (Å²) in [6.45, 7) is -1.22. The number of carbonyl (C=O) groups is 1. The van der Waals surface area contributed by atoms with Crippen LogP contribution in [0.5, 0.6) is 0 Å². The molecule has 2 aromatic carbocycles. The molecule has 1 saturated heterocycles. The van der Waals surface area contributed by atoms with Crippen molar-refractivity contribution < 1.29 is 49.7 Å². The SMILES string of the molecule is CCCc1cc(F)c(-c2cc(F)c(C3COC(OC(=O)C(F)(F)F)OC3)c(F)c2)c(F)c1. The number of ether oxygens (including phenoxy) is 3. The fourth-order valence-corrected chi connectivity index (χ4v) is 3.33. The number of hydrogen-bond donors (Lipinski definition) is 0. The fourth-order valence-electron chi connectivity index (χ4n) is 3.33. The van der Waals surface area contributed by atoms with Crippen molar-refractivity contribution in [3.63, 3.8) is 0 Å². The first-order valence-corrected chi connectivity index (χ1v) is 9.49. The highest BCUT2D eigenvalue weighted by molar-refractivity contribution is 5.75. The van der Waals surface area contributed by atoms with E-state index >= 15 is 0 Å². The fraction of sp³-hybridized carbons (Fsp3) is 0.381. The van der Waals surface area contributed by atoms with E-state index in [0.717, 1.165) is 24.3 Å². The molecule has 0 aromatic heterocycles. The van der Waals surface area contributed by atoms with Crippen LogP contribution in [0.2, 0.25) is 0 Å². The maximum absolute atomic E-state index is 14.7. The average Bonchev–Trinajstić information content (AvgIpc) is 2.68. The van der Waals surface area contributed by atoms with Crippen molar-refractivity contribution in [1.29, 1.82) is 0 Å². The van der Waals surface area contributed by atoms with Gasteiger partial charge in [-0.2, -0.15) is 13.2 Å². The van der Waals surface area contributed by atoms with Crippen LogP contribution in [0.25, 0.3) is 11.1 Å². The zero-order valence-corrected chi connectivity index (χ0v) is 16.6. The molecule has 0 N–H and O–H groups in total. The minimum absolute atomic E-state index is 0.364. The van der Waals surface area contributed by atoms with Crippen LogP contribution in [0.3, 0.4) is 0 Å². The second-order valence-corrected chi connectivity index (χ2v) is 7.09. The molecule has 0 atom stereocenters. The normalized spacial score (nSPS) is 19.1. The molecule has 11 heteroatoms. The van der Waals surface area contributed by atoms with Gasteiger partial charge in [-0.3, -0.25) is 0 Å². The molecule has 1 heterocycles. The Hall–Kier alpha value is -2.66. The van der Waals surface area contributed by atoms with Gasteiger partial charge in [-0.25, -0.2) is 22.4 Å². The van der Waals surface area contributed by atoms with Crippen molar-refractivity contribution in [3.05, 3.63) is 58.7 Å². The van der Waals surface area contributed by atoms with E-state index in [2.05, 4.69) is 4.74 Å². The average molecular weight is 466 g/mol. The lowest BCUT2D eigenvalue weighted by Crippen LogP contribution is -2.38. The number of benzene rings is 2. The van der Waals surface area contributed by atoms with Gasteiger partial charge >= 0.3 is 18.6 Å². The van der Waals surface area contributed by atoms with Crippen molar-refractivity contribution in [2.45, 2.75) is 38.3 Å². The minimum Gasteiger partial charge on any atom is -0.404 e. The summed E-state index contributed by atoms with van der Waals surface area (Å²) in [5.74, 6) is -7.90. The third kappa shape index (κ3) is 5.21. The molecule has 2 aromatic rings. The highest BCUT2D eigenvalue weighted by atomic mass is 19.4. The van der Waals surface area contributed by atoms with E-state index in [4.69, 9.17) is 9.47 Å². The lowest BCUT2D eigenvalue weighted by atomic mass is 9.94. The van der Waals surface area contributed by atoms with E-state index in [9.17, 15) is 35.5 Å². The van der Waals surface area contributed by atoms with Crippen LogP contribution in [0.15, 0.2) is 24.3 Å². The van der Waals surface area contributed by atoms with Gasteiger partial charge in [0.2, 0.25) is 0 Å². The Morgan fingerprint density at radius 1 is 0.969 bits per heavy atom. The predicted octanol–water partition coefficient (Wildman–Crippen LogP) is 5.38.